The number of para-hydroxylation sites is 1. The van der Waals surface area contributed by atoms with E-state index >= 15 is 0 Å². The molecule has 0 amide bonds. The lowest BCUT2D eigenvalue weighted by molar-refractivity contribution is 0.754. The zero-order valence-corrected chi connectivity index (χ0v) is 33.1. The SMILES string of the molecule is C[Si]1(C)c2ccccc2C2(c3ccccc3-c3cccc4cccc2c34)c2ccc(N(c3ccccc3)c3ccc4c(c3)sc3cc5ccccc5cc34)cc21. The Labute approximate surface area is 331 Å². The highest BCUT2D eigenvalue weighted by atomic mass is 32.1. The largest absolute Gasteiger partial charge is 0.310 e. The summed E-state index contributed by atoms with van der Waals surface area (Å²) < 4.78 is 2.64. The Kier molecular flexibility index (Phi) is 6.65. The number of hydrogen-bond acceptors (Lipinski definition) is 2. The number of fused-ring (bicyclic) bond motifs is 12. The van der Waals surface area contributed by atoms with Gasteiger partial charge in [-0.25, -0.2) is 0 Å². The van der Waals surface area contributed by atoms with E-state index in [2.05, 4.69) is 206 Å². The number of thiophene rings is 1. The Morgan fingerprint density at radius 3 is 1.88 bits per heavy atom. The average Bonchev–Trinajstić information content (AvgIpc) is 3.60. The van der Waals surface area contributed by atoms with Crippen molar-refractivity contribution in [3.05, 3.63) is 210 Å². The van der Waals surface area contributed by atoms with Gasteiger partial charge in [-0.15, -0.1) is 11.3 Å². The molecule has 1 aromatic heterocycles. The number of benzene rings is 9. The zero-order valence-electron chi connectivity index (χ0n) is 31.3. The molecule has 3 heteroatoms. The molecule has 56 heavy (non-hydrogen) atoms. The van der Waals surface area contributed by atoms with Crippen LogP contribution in [-0.2, 0) is 5.41 Å². The summed E-state index contributed by atoms with van der Waals surface area (Å²) in [4.78, 5) is 2.48. The topological polar surface area (TPSA) is 3.24 Å². The first-order chi connectivity index (χ1) is 27.5. The van der Waals surface area contributed by atoms with Crippen molar-refractivity contribution >= 4 is 88.6 Å². The highest BCUT2D eigenvalue weighted by Gasteiger charge is 2.52. The minimum absolute atomic E-state index is 0.450. The van der Waals surface area contributed by atoms with Gasteiger partial charge in [-0.3, -0.25) is 0 Å². The first kappa shape index (κ1) is 32.0. The second-order valence-electron chi connectivity index (χ2n) is 16.1. The van der Waals surface area contributed by atoms with Gasteiger partial charge in [0.05, 0.1) is 5.41 Å². The molecule has 12 rings (SSSR count). The van der Waals surface area contributed by atoms with Gasteiger partial charge in [0.15, 0.2) is 0 Å². The van der Waals surface area contributed by atoms with Gasteiger partial charge in [-0.05, 0) is 114 Å². The van der Waals surface area contributed by atoms with Gasteiger partial charge in [0.1, 0.15) is 8.07 Å². The fourth-order valence-electron chi connectivity index (χ4n) is 10.4. The maximum Gasteiger partial charge on any atom is 0.113 e. The lowest BCUT2D eigenvalue weighted by Crippen LogP contribution is -2.63. The summed E-state index contributed by atoms with van der Waals surface area (Å²) in [5.41, 5.74) is 11.4. The predicted molar refractivity (Wildman–Crippen MR) is 243 cm³/mol. The van der Waals surface area contributed by atoms with Gasteiger partial charge < -0.3 is 4.90 Å². The fraction of sp³-hybridized carbons (Fsp3) is 0.0566. The number of rotatable bonds is 3. The summed E-state index contributed by atoms with van der Waals surface area (Å²) in [6.07, 6.45) is 0. The van der Waals surface area contributed by atoms with E-state index in [1.54, 1.807) is 0 Å². The van der Waals surface area contributed by atoms with Gasteiger partial charge in [0.2, 0.25) is 0 Å². The smallest absolute Gasteiger partial charge is 0.113 e. The van der Waals surface area contributed by atoms with E-state index < -0.39 is 13.5 Å². The number of hydrogen-bond donors (Lipinski definition) is 0. The van der Waals surface area contributed by atoms with Crippen LogP contribution in [0.25, 0.3) is 52.8 Å². The van der Waals surface area contributed by atoms with Crippen LogP contribution in [0.1, 0.15) is 22.3 Å². The molecule has 0 N–H and O–H groups in total. The Morgan fingerprint density at radius 2 is 1.02 bits per heavy atom. The highest BCUT2D eigenvalue weighted by molar-refractivity contribution is 7.26. The van der Waals surface area contributed by atoms with E-state index in [1.165, 1.54) is 96.8 Å². The second-order valence-corrected chi connectivity index (χ2v) is 21.5. The monoisotopic (exact) mass is 747 g/mol. The van der Waals surface area contributed by atoms with Crippen molar-refractivity contribution in [2.24, 2.45) is 0 Å². The average molecular weight is 748 g/mol. The van der Waals surface area contributed by atoms with E-state index in [0.29, 0.717) is 0 Å². The Morgan fingerprint density at radius 1 is 0.411 bits per heavy atom. The van der Waals surface area contributed by atoms with Crippen molar-refractivity contribution in [3.8, 4) is 11.1 Å². The van der Waals surface area contributed by atoms with E-state index in [4.69, 9.17) is 0 Å². The summed E-state index contributed by atoms with van der Waals surface area (Å²) in [7, 11) is -2.23. The van der Waals surface area contributed by atoms with Crippen molar-refractivity contribution < 1.29 is 0 Å². The molecule has 0 radical (unpaired) electrons. The summed E-state index contributed by atoms with van der Waals surface area (Å²) in [6.45, 7) is 5.12. The maximum atomic E-state index is 2.57. The standard InChI is InChI=1S/C53H37NSSi/c1-56(2)50-25-11-10-23-45(50)53(44-22-9-8-20-40(44)42-21-12-16-34-17-13-24-47(53)52(34)42)46-29-27-39(33-51(46)56)54(37-18-4-3-5-19-37)38-26-28-41-43-30-35-14-6-7-15-36(35)31-48(43)55-49(41)32-38/h3-33H,1-2H3. The summed E-state index contributed by atoms with van der Waals surface area (Å²) in [5, 5.41) is 10.9. The predicted octanol–water partition coefficient (Wildman–Crippen LogP) is 13.3. The van der Waals surface area contributed by atoms with Gasteiger partial charge in [0, 0.05) is 37.2 Å². The van der Waals surface area contributed by atoms with Gasteiger partial charge in [-0.2, -0.15) is 0 Å². The van der Waals surface area contributed by atoms with Crippen molar-refractivity contribution in [3.63, 3.8) is 0 Å². The summed E-state index contributed by atoms with van der Waals surface area (Å²) >= 11 is 1.89. The molecule has 2 heterocycles. The molecule has 0 saturated carbocycles. The van der Waals surface area contributed by atoms with Crippen LogP contribution in [-0.4, -0.2) is 8.07 Å². The highest BCUT2D eigenvalue weighted by Crippen LogP contribution is 2.56. The van der Waals surface area contributed by atoms with Crippen LogP contribution in [0, 0.1) is 0 Å². The Hall–Kier alpha value is -6.26. The molecule has 1 unspecified atom stereocenters. The van der Waals surface area contributed by atoms with E-state index in [1.807, 2.05) is 11.3 Å². The van der Waals surface area contributed by atoms with Crippen LogP contribution in [0.5, 0.6) is 0 Å². The first-order valence-corrected chi connectivity index (χ1v) is 23.4. The van der Waals surface area contributed by atoms with Crippen molar-refractivity contribution in [2.45, 2.75) is 18.5 Å². The molecule has 264 valence electrons. The lowest BCUT2D eigenvalue weighted by Gasteiger charge is -2.50. The molecule has 1 nitrogen and oxygen atoms in total. The summed E-state index contributed by atoms with van der Waals surface area (Å²) in [5.74, 6) is 0. The van der Waals surface area contributed by atoms with Crippen LogP contribution in [0.2, 0.25) is 13.1 Å². The molecule has 0 bridgehead atoms. The lowest BCUT2D eigenvalue weighted by atomic mass is 9.59. The van der Waals surface area contributed by atoms with Gasteiger partial charge >= 0.3 is 0 Å². The van der Waals surface area contributed by atoms with Crippen LogP contribution in [0.3, 0.4) is 0 Å². The first-order valence-electron chi connectivity index (χ1n) is 19.6. The molecule has 9 aromatic carbocycles. The number of anilines is 3. The van der Waals surface area contributed by atoms with E-state index in [9.17, 15) is 0 Å². The molecular formula is C53H37NSSi. The van der Waals surface area contributed by atoms with Crippen molar-refractivity contribution in [1.82, 2.24) is 0 Å². The minimum atomic E-state index is -2.23. The van der Waals surface area contributed by atoms with E-state index in [-0.39, 0.29) is 0 Å². The Bertz CT molecular complexity index is 3240. The quantitative estimate of drug-likeness (QED) is 0.163. The van der Waals surface area contributed by atoms with Crippen LogP contribution in [0.15, 0.2) is 188 Å². The van der Waals surface area contributed by atoms with Crippen LogP contribution in [0.4, 0.5) is 17.1 Å². The maximum absolute atomic E-state index is 2.57. The number of nitrogens with zero attached hydrogens (tertiary/aromatic N) is 1. The third kappa shape index (κ3) is 4.24. The third-order valence-corrected chi connectivity index (χ3v) is 17.5. The molecule has 1 atom stereocenters. The fourth-order valence-corrected chi connectivity index (χ4v) is 14.8. The normalized spacial score (nSPS) is 16.2. The molecule has 10 aromatic rings. The molecular weight excluding hydrogens is 711 g/mol. The zero-order chi connectivity index (χ0) is 37.2. The van der Waals surface area contributed by atoms with Crippen molar-refractivity contribution in [1.29, 1.82) is 0 Å². The summed E-state index contributed by atoms with van der Waals surface area (Å²) in [6, 6.07) is 71.3. The van der Waals surface area contributed by atoms with Crippen LogP contribution >= 0.6 is 11.3 Å². The second kappa shape index (κ2) is 11.6. The third-order valence-electron chi connectivity index (χ3n) is 12.9. The van der Waals surface area contributed by atoms with E-state index in [0.717, 1.165) is 5.69 Å². The van der Waals surface area contributed by atoms with Gasteiger partial charge in [-0.1, -0.05) is 153 Å². The van der Waals surface area contributed by atoms with Crippen LogP contribution < -0.4 is 15.3 Å². The van der Waals surface area contributed by atoms with Crippen molar-refractivity contribution in [2.75, 3.05) is 4.90 Å². The molecule has 2 aliphatic rings. The van der Waals surface area contributed by atoms with Gasteiger partial charge in [0.25, 0.3) is 0 Å². The molecule has 0 fully saturated rings. The molecule has 1 aliphatic heterocycles. The molecule has 1 spiro atoms. The molecule has 1 aliphatic carbocycles. The molecule has 0 saturated heterocycles. The minimum Gasteiger partial charge on any atom is -0.310 e. The Balaban J connectivity index is 1.13.